The Labute approximate surface area is 282 Å². The van der Waals surface area contributed by atoms with Gasteiger partial charge in [-0.15, -0.1) is 0 Å². The third kappa shape index (κ3) is 4.57. The lowest BCUT2D eigenvalue weighted by Gasteiger charge is -2.11. The number of rotatable bonds is 4. The van der Waals surface area contributed by atoms with E-state index in [0.29, 0.717) is 17.5 Å². The number of hydrogen-bond acceptors (Lipinski definition) is 4. The molecule has 228 valence electrons. The van der Waals surface area contributed by atoms with E-state index in [1.165, 1.54) is 21.7 Å². The van der Waals surface area contributed by atoms with Crippen LogP contribution in [0.25, 0.3) is 99.5 Å². The lowest BCUT2D eigenvalue weighted by atomic mass is 9.96. The number of hydrogen-bond donors (Lipinski definition) is 0. The summed E-state index contributed by atoms with van der Waals surface area (Å²) < 4.78 is 6.70. The third-order valence-corrected chi connectivity index (χ3v) is 9.50. The first kappa shape index (κ1) is 27.5. The lowest BCUT2D eigenvalue weighted by Crippen LogP contribution is -2.00. The van der Waals surface area contributed by atoms with Crippen LogP contribution < -0.4 is 0 Å². The maximum absolute atomic E-state index is 6.70. The van der Waals surface area contributed by atoms with Crippen LogP contribution in [-0.4, -0.2) is 15.0 Å². The maximum Gasteiger partial charge on any atom is 0.164 e. The van der Waals surface area contributed by atoms with Gasteiger partial charge in [-0.1, -0.05) is 140 Å². The second-order valence-electron chi connectivity index (χ2n) is 12.4. The number of benzene rings is 8. The van der Waals surface area contributed by atoms with Gasteiger partial charge in [0.15, 0.2) is 17.5 Å². The van der Waals surface area contributed by atoms with Crippen LogP contribution in [0.5, 0.6) is 0 Å². The fourth-order valence-corrected chi connectivity index (χ4v) is 7.14. The van der Waals surface area contributed by atoms with Crippen LogP contribution in [0.3, 0.4) is 0 Å². The molecule has 10 rings (SSSR count). The summed E-state index contributed by atoms with van der Waals surface area (Å²) in [6.45, 7) is 0. The zero-order valence-corrected chi connectivity index (χ0v) is 26.3. The van der Waals surface area contributed by atoms with Gasteiger partial charge in [0.05, 0.1) is 0 Å². The molecule has 0 atom stereocenters. The molecule has 0 bridgehead atoms. The van der Waals surface area contributed by atoms with Crippen LogP contribution >= 0.6 is 0 Å². The Bertz CT molecular complexity index is 2890. The summed E-state index contributed by atoms with van der Waals surface area (Å²) in [6.07, 6.45) is 0. The summed E-state index contributed by atoms with van der Waals surface area (Å²) in [5, 5.41) is 9.08. The molecule has 0 spiro atoms. The van der Waals surface area contributed by atoms with Crippen molar-refractivity contribution in [2.75, 3.05) is 0 Å². The minimum atomic E-state index is 0.604. The summed E-state index contributed by atoms with van der Waals surface area (Å²) in [6, 6.07) is 56.9. The second kappa shape index (κ2) is 11.0. The van der Waals surface area contributed by atoms with Crippen molar-refractivity contribution in [3.8, 4) is 45.3 Å². The van der Waals surface area contributed by atoms with E-state index in [9.17, 15) is 0 Å². The molecule has 2 aromatic heterocycles. The lowest BCUT2D eigenvalue weighted by molar-refractivity contribution is 0.669. The highest BCUT2D eigenvalue weighted by molar-refractivity contribution is 6.22. The smallest absolute Gasteiger partial charge is 0.164 e. The predicted octanol–water partition coefficient (Wildman–Crippen LogP) is 11.9. The molecular formula is C45H27N3O. The standard InChI is InChI=1S/C45H27N3O/c1-2-13-30(14-3-1)43-46-44(33-22-21-28-11-4-5-15-31(28)25-33)48-45(47-43)39-27-41-42(37-19-9-8-18-36(37)39)38-24-23-32(26-40(38)49-41)35-20-10-16-29-12-6-7-17-34(29)35/h1-27H. The van der Waals surface area contributed by atoms with Gasteiger partial charge in [0, 0.05) is 27.5 Å². The van der Waals surface area contributed by atoms with Gasteiger partial charge in [-0.2, -0.15) is 0 Å². The van der Waals surface area contributed by atoms with Crippen molar-refractivity contribution in [1.29, 1.82) is 0 Å². The molecule has 0 aliphatic rings. The van der Waals surface area contributed by atoms with E-state index < -0.39 is 0 Å². The number of furan rings is 1. The zero-order chi connectivity index (χ0) is 32.3. The Morgan fingerprint density at radius 1 is 0.327 bits per heavy atom. The molecule has 49 heavy (non-hydrogen) atoms. The van der Waals surface area contributed by atoms with E-state index in [4.69, 9.17) is 19.4 Å². The summed E-state index contributed by atoms with van der Waals surface area (Å²) in [4.78, 5) is 15.2. The average Bonchev–Trinajstić information content (AvgIpc) is 3.55. The average molecular weight is 626 g/mol. The molecule has 2 heterocycles. The molecule has 0 saturated carbocycles. The summed E-state index contributed by atoms with van der Waals surface area (Å²) in [5.41, 5.74) is 6.73. The third-order valence-electron chi connectivity index (χ3n) is 9.50. The Kier molecular flexibility index (Phi) is 6.15. The van der Waals surface area contributed by atoms with E-state index in [0.717, 1.165) is 60.4 Å². The molecule has 0 N–H and O–H groups in total. The van der Waals surface area contributed by atoms with Crippen LogP contribution in [0, 0.1) is 0 Å². The van der Waals surface area contributed by atoms with Crippen molar-refractivity contribution in [2.24, 2.45) is 0 Å². The number of nitrogens with zero attached hydrogens (tertiary/aromatic N) is 3. The monoisotopic (exact) mass is 625 g/mol. The minimum absolute atomic E-state index is 0.604. The molecule has 0 aliphatic carbocycles. The molecule has 0 aliphatic heterocycles. The topological polar surface area (TPSA) is 51.8 Å². The molecular weight excluding hydrogens is 599 g/mol. The van der Waals surface area contributed by atoms with Crippen LogP contribution in [0.2, 0.25) is 0 Å². The quantitative estimate of drug-likeness (QED) is 0.195. The molecule has 4 heteroatoms. The van der Waals surface area contributed by atoms with Crippen LogP contribution in [0.4, 0.5) is 0 Å². The van der Waals surface area contributed by atoms with E-state index in [2.05, 4.69) is 133 Å². The summed E-state index contributed by atoms with van der Waals surface area (Å²) in [7, 11) is 0. The number of aromatic nitrogens is 3. The van der Waals surface area contributed by atoms with E-state index in [-0.39, 0.29) is 0 Å². The molecule has 0 saturated heterocycles. The Hall–Kier alpha value is -6.65. The first-order chi connectivity index (χ1) is 24.3. The SMILES string of the molecule is c1ccc(-c2nc(-c3ccc4ccccc4c3)nc(-c3cc4oc5cc(-c6cccc7ccccc67)ccc5c4c4ccccc34)n2)cc1. The van der Waals surface area contributed by atoms with Crippen molar-refractivity contribution in [3.05, 3.63) is 164 Å². The van der Waals surface area contributed by atoms with Gasteiger partial charge in [0.2, 0.25) is 0 Å². The fourth-order valence-electron chi connectivity index (χ4n) is 7.14. The fraction of sp³-hybridized carbons (Fsp3) is 0. The second-order valence-corrected chi connectivity index (χ2v) is 12.4. The van der Waals surface area contributed by atoms with Crippen molar-refractivity contribution >= 4 is 54.3 Å². The Balaban J connectivity index is 1.20. The van der Waals surface area contributed by atoms with Crippen molar-refractivity contribution in [1.82, 2.24) is 15.0 Å². The maximum atomic E-state index is 6.70. The molecule has 8 aromatic carbocycles. The number of fused-ring (bicyclic) bond motifs is 7. The Morgan fingerprint density at radius 3 is 1.84 bits per heavy atom. The highest BCUT2D eigenvalue weighted by Gasteiger charge is 2.19. The highest BCUT2D eigenvalue weighted by atomic mass is 16.3. The van der Waals surface area contributed by atoms with Crippen LogP contribution in [-0.2, 0) is 0 Å². The van der Waals surface area contributed by atoms with Crippen molar-refractivity contribution in [2.45, 2.75) is 0 Å². The van der Waals surface area contributed by atoms with E-state index in [1.54, 1.807) is 0 Å². The van der Waals surface area contributed by atoms with E-state index in [1.807, 2.05) is 30.3 Å². The summed E-state index contributed by atoms with van der Waals surface area (Å²) >= 11 is 0. The zero-order valence-electron chi connectivity index (χ0n) is 26.3. The van der Waals surface area contributed by atoms with E-state index >= 15 is 0 Å². The van der Waals surface area contributed by atoms with Crippen LogP contribution in [0.1, 0.15) is 0 Å². The minimum Gasteiger partial charge on any atom is -0.456 e. The predicted molar refractivity (Wildman–Crippen MR) is 201 cm³/mol. The van der Waals surface area contributed by atoms with Gasteiger partial charge in [0.1, 0.15) is 11.2 Å². The van der Waals surface area contributed by atoms with Crippen LogP contribution in [0.15, 0.2) is 168 Å². The molecule has 0 unspecified atom stereocenters. The van der Waals surface area contributed by atoms with Gasteiger partial charge in [0.25, 0.3) is 0 Å². The first-order valence-electron chi connectivity index (χ1n) is 16.4. The first-order valence-corrected chi connectivity index (χ1v) is 16.4. The highest BCUT2D eigenvalue weighted by Crippen LogP contribution is 2.41. The van der Waals surface area contributed by atoms with Gasteiger partial charge in [-0.05, 0) is 67.7 Å². The molecule has 0 radical (unpaired) electrons. The summed E-state index contributed by atoms with van der Waals surface area (Å²) in [5.74, 6) is 1.86. The molecule has 4 nitrogen and oxygen atoms in total. The Morgan fingerprint density at radius 2 is 0.980 bits per heavy atom. The van der Waals surface area contributed by atoms with Gasteiger partial charge >= 0.3 is 0 Å². The van der Waals surface area contributed by atoms with Crippen molar-refractivity contribution in [3.63, 3.8) is 0 Å². The molecule has 0 amide bonds. The molecule has 10 aromatic rings. The van der Waals surface area contributed by atoms with Gasteiger partial charge < -0.3 is 4.42 Å². The molecule has 0 fully saturated rings. The van der Waals surface area contributed by atoms with Gasteiger partial charge in [-0.3, -0.25) is 0 Å². The largest absolute Gasteiger partial charge is 0.456 e. The van der Waals surface area contributed by atoms with Crippen molar-refractivity contribution < 1.29 is 4.42 Å². The van der Waals surface area contributed by atoms with Gasteiger partial charge in [-0.25, -0.2) is 15.0 Å². The normalized spacial score (nSPS) is 11.7.